The van der Waals surface area contributed by atoms with Crippen LogP contribution in [0.2, 0.25) is 0 Å². The molecule has 1 N–H and O–H groups in total. The Morgan fingerprint density at radius 3 is 2.50 bits per heavy atom. The van der Waals surface area contributed by atoms with Crippen molar-refractivity contribution in [3.8, 4) is 0 Å². The van der Waals surface area contributed by atoms with Gasteiger partial charge >= 0.3 is 0 Å². The second-order valence-electron chi connectivity index (χ2n) is 6.11. The fourth-order valence-electron chi connectivity index (χ4n) is 2.53. The Balaban J connectivity index is 1.92. The molecule has 0 bridgehead atoms. The predicted octanol–water partition coefficient (Wildman–Crippen LogP) is 4.35. The van der Waals surface area contributed by atoms with E-state index < -0.39 is 4.92 Å². The van der Waals surface area contributed by atoms with Crippen LogP contribution in [0, 0.1) is 10.1 Å². The molecule has 1 aromatic heterocycles. The van der Waals surface area contributed by atoms with Gasteiger partial charge in [-0.05, 0) is 26.0 Å². The van der Waals surface area contributed by atoms with E-state index in [4.69, 9.17) is 0 Å². The Morgan fingerprint density at radius 2 is 1.88 bits per heavy atom. The highest BCUT2D eigenvalue weighted by Gasteiger charge is 2.19. The molecule has 0 saturated heterocycles. The molecule has 0 spiro atoms. The zero-order chi connectivity index (χ0) is 18.7. The zero-order valence-corrected chi connectivity index (χ0v) is 14.4. The molecular weight excluding hydrogens is 332 g/mol. The van der Waals surface area contributed by atoms with E-state index in [2.05, 4.69) is 10.4 Å². The summed E-state index contributed by atoms with van der Waals surface area (Å²) in [7, 11) is 0. The molecule has 0 atom stereocenters. The van der Waals surface area contributed by atoms with Crippen molar-refractivity contribution in [1.82, 2.24) is 9.78 Å². The molecule has 0 amide bonds. The molecular formula is C19H18N4O3. The Kier molecular flexibility index (Phi) is 4.79. The normalized spacial score (nSPS) is 10.7. The van der Waals surface area contributed by atoms with Crippen molar-refractivity contribution in [2.45, 2.75) is 19.9 Å². The van der Waals surface area contributed by atoms with E-state index in [-0.39, 0.29) is 23.1 Å². The highest BCUT2D eigenvalue weighted by atomic mass is 16.6. The third-order valence-corrected chi connectivity index (χ3v) is 3.90. The second kappa shape index (κ2) is 7.18. The number of carbonyl (C=O) groups is 1. The lowest BCUT2D eigenvalue weighted by molar-refractivity contribution is -0.383. The van der Waals surface area contributed by atoms with Gasteiger partial charge in [-0.1, -0.05) is 30.3 Å². The number of anilines is 2. The number of benzene rings is 2. The van der Waals surface area contributed by atoms with Crippen LogP contribution in [0.1, 0.15) is 35.8 Å². The SMILES string of the molecule is CC(C)n1cc(Nc2ccc(C(=O)c3ccccc3)cc2[N+](=O)[O-])cn1. The van der Waals surface area contributed by atoms with Crippen molar-refractivity contribution in [1.29, 1.82) is 0 Å². The summed E-state index contributed by atoms with van der Waals surface area (Å²) in [4.78, 5) is 23.5. The van der Waals surface area contributed by atoms with E-state index in [0.29, 0.717) is 16.9 Å². The lowest BCUT2D eigenvalue weighted by atomic mass is 10.0. The first-order valence-electron chi connectivity index (χ1n) is 8.15. The summed E-state index contributed by atoms with van der Waals surface area (Å²) in [6.45, 7) is 3.98. The summed E-state index contributed by atoms with van der Waals surface area (Å²) in [6.07, 6.45) is 3.38. The quantitative estimate of drug-likeness (QED) is 0.405. The Hall–Kier alpha value is -3.48. The summed E-state index contributed by atoms with van der Waals surface area (Å²) in [6, 6.07) is 13.3. The molecule has 3 aromatic rings. The highest BCUT2D eigenvalue weighted by molar-refractivity contribution is 6.09. The molecule has 0 radical (unpaired) electrons. The number of hydrogen-bond acceptors (Lipinski definition) is 5. The van der Waals surface area contributed by atoms with Crippen LogP contribution in [0.4, 0.5) is 17.1 Å². The minimum atomic E-state index is -0.503. The van der Waals surface area contributed by atoms with Gasteiger partial charge in [-0.15, -0.1) is 0 Å². The standard InChI is InChI=1S/C19H18N4O3/c1-13(2)22-12-16(11-20-22)21-17-9-8-15(10-18(17)23(25)26)19(24)14-6-4-3-5-7-14/h3-13,21H,1-2H3. The average Bonchev–Trinajstić information content (AvgIpc) is 3.11. The molecule has 7 nitrogen and oxygen atoms in total. The lowest BCUT2D eigenvalue weighted by Crippen LogP contribution is -2.04. The van der Waals surface area contributed by atoms with Crippen LogP contribution >= 0.6 is 0 Å². The topological polar surface area (TPSA) is 90.1 Å². The third-order valence-electron chi connectivity index (χ3n) is 3.90. The number of nitrogens with one attached hydrogen (secondary N) is 1. The van der Waals surface area contributed by atoms with Crippen LogP contribution in [0.15, 0.2) is 60.9 Å². The van der Waals surface area contributed by atoms with Crippen molar-refractivity contribution < 1.29 is 9.72 Å². The maximum atomic E-state index is 12.5. The number of nitrogens with zero attached hydrogens (tertiary/aromatic N) is 3. The maximum Gasteiger partial charge on any atom is 0.293 e. The van der Waals surface area contributed by atoms with Crippen molar-refractivity contribution in [2.24, 2.45) is 0 Å². The molecule has 132 valence electrons. The van der Waals surface area contributed by atoms with Gasteiger partial charge in [0, 0.05) is 29.4 Å². The number of nitro benzene ring substituents is 1. The molecule has 0 saturated carbocycles. The van der Waals surface area contributed by atoms with Gasteiger partial charge in [-0.25, -0.2) is 0 Å². The molecule has 3 rings (SSSR count). The van der Waals surface area contributed by atoms with Crippen LogP contribution in [-0.4, -0.2) is 20.5 Å². The van der Waals surface area contributed by atoms with Gasteiger partial charge in [0.2, 0.25) is 0 Å². The smallest absolute Gasteiger partial charge is 0.293 e. The predicted molar refractivity (Wildman–Crippen MR) is 98.9 cm³/mol. The minimum Gasteiger partial charge on any atom is -0.347 e. The number of hydrogen-bond donors (Lipinski definition) is 1. The Morgan fingerprint density at radius 1 is 1.15 bits per heavy atom. The number of nitro groups is 1. The number of rotatable bonds is 6. The fourth-order valence-corrected chi connectivity index (χ4v) is 2.53. The Labute approximate surface area is 150 Å². The first-order valence-corrected chi connectivity index (χ1v) is 8.15. The van der Waals surface area contributed by atoms with E-state index in [9.17, 15) is 14.9 Å². The maximum absolute atomic E-state index is 12.5. The summed E-state index contributed by atoms with van der Waals surface area (Å²) in [5, 5.41) is 18.7. The number of ketones is 1. The van der Waals surface area contributed by atoms with Crippen LogP contribution in [0.3, 0.4) is 0 Å². The van der Waals surface area contributed by atoms with Crippen LogP contribution in [0.5, 0.6) is 0 Å². The molecule has 1 heterocycles. The Bertz CT molecular complexity index is 948. The largest absolute Gasteiger partial charge is 0.347 e. The van der Waals surface area contributed by atoms with Gasteiger partial charge < -0.3 is 5.32 Å². The first kappa shape index (κ1) is 17.3. The minimum absolute atomic E-state index is 0.163. The van der Waals surface area contributed by atoms with Crippen molar-refractivity contribution in [2.75, 3.05) is 5.32 Å². The average molecular weight is 350 g/mol. The summed E-state index contributed by atoms with van der Waals surface area (Å²) in [5.74, 6) is -0.257. The van der Waals surface area contributed by atoms with E-state index in [1.54, 1.807) is 53.5 Å². The zero-order valence-electron chi connectivity index (χ0n) is 14.4. The second-order valence-corrected chi connectivity index (χ2v) is 6.11. The molecule has 2 aromatic carbocycles. The van der Waals surface area contributed by atoms with Gasteiger partial charge in [0.25, 0.3) is 5.69 Å². The van der Waals surface area contributed by atoms with Gasteiger partial charge in [0.1, 0.15) is 5.69 Å². The van der Waals surface area contributed by atoms with Crippen molar-refractivity contribution >= 4 is 22.8 Å². The van der Waals surface area contributed by atoms with E-state index in [1.165, 1.54) is 6.07 Å². The molecule has 7 heteroatoms. The monoisotopic (exact) mass is 350 g/mol. The van der Waals surface area contributed by atoms with Gasteiger partial charge in [0.15, 0.2) is 5.78 Å². The summed E-state index contributed by atoms with van der Waals surface area (Å²) >= 11 is 0. The number of carbonyl (C=O) groups excluding carboxylic acids is 1. The molecule has 0 aliphatic heterocycles. The van der Waals surface area contributed by atoms with Crippen LogP contribution in [-0.2, 0) is 0 Å². The molecule has 0 fully saturated rings. The fraction of sp³-hybridized carbons (Fsp3) is 0.158. The highest BCUT2D eigenvalue weighted by Crippen LogP contribution is 2.29. The van der Waals surface area contributed by atoms with Crippen molar-refractivity contribution in [3.05, 3.63) is 82.2 Å². The summed E-state index contributed by atoms with van der Waals surface area (Å²) < 4.78 is 1.75. The van der Waals surface area contributed by atoms with Crippen LogP contribution < -0.4 is 5.32 Å². The van der Waals surface area contributed by atoms with E-state index >= 15 is 0 Å². The molecule has 26 heavy (non-hydrogen) atoms. The first-order chi connectivity index (χ1) is 12.5. The summed E-state index contributed by atoms with van der Waals surface area (Å²) in [5.41, 5.74) is 1.54. The van der Waals surface area contributed by atoms with Gasteiger partial charge in [0.05, 0.1) is 16.8 Å². The molecule has 0 aliphatic carbocycles. The molecule has 0 unspecified atom stereocenters. The lowest BCUT2D eigenvalue weighted by Gasteiger charge is -2.07. The van der Waals surface area contributed by atoms with Crippen LogP contribution in [0.25, 0.3) is 0 Å². The third kappa shape index (κ3) is 3.61. The number of aromatic nitrogens is 2. The molecule has 0 aliphatic rings. The van der Waals surface area contributed by atoms with Crippen molar-refractivity contribution in [3.63, 3.8) is 0 Å². The van der Waals surface area contributed by atoms with Gasteiger partial charge in [-0.2, -0.15) is 5.10 Å². The van der Waals surface area contributed by atoms with Gasteiger partial charge in [-0.3, -0.25) is 19.6 Å². The van der Waals surface area contributed by atoms with E-state index in [1.807, 2.05) is 19.9 Å². The van der Waals surface area contributed by atoms with E-state index in [0.717, 1.165) is 0 Å².